The Bertz CT molecular complexity index is 368. The summed E-state index contributed by atoms with van der Waals surface area (Å²) in [6.07, 6.45) is 0. The van der Waals surface area contributed by atoms with Gasteiger partial charge in [0, 0.05) is 12.2 Å². The smallest absolute Gasteiger partial charge is 0.129 e. The van der Waals surface area contributed by atoms with Crippen molar-refractivity contribution < 1.29 is 9.84 Å². The average molecular weight is 222 g/mol. The van der Waals surface area contributed by atoms with Crippen LogP contribution in [0.1, 0.15) is 18.2 Å². The standard InChI is InChI=1S/C12H18N2O2/c1-9-8-16-6-5-14(9)12-4-3-11(7-15)10(2)13-12/h3-4,9,15H,5-8H2,1-2H3. The zero-order valence-corrected chi connectivity index (χ0v) is 9.81. The molecule has 0 bridgehead atoms. The van der Waals surface area contributed by atoms with Gasteiger partial charge in [0.1, 0.15) is 5.82 Å². The van der Waals surface area contributed by atoms with E-state index in [0.717, 1.165) is 36.8 Å². The maximum Gasteiger partial charge on any atom is 0.129 e. The molecule has 1 N–H and O–H groups in total. The molecule has 0 aromatic carbocycles. The van der Waals surface area contributed by atoms with Gasteiger partial charge in [0.2, 0.25) is 0 Å². The third-order valence-electron chi connectivity index (χ3n) is 3.01. The molecule has 0 saturated carbocycles. The Hall–Kier alpha value is -1.13. The van der Waals surface area contributed by atoms with Crippen LogP contribution in [0.5, 0.6) is 0 Å². The number of hydrogen-bond donors (Lipinski definition) is 1. The molecule has 1 aromatic heterocycles. The lowest BCUT2D eigenvalue weighted by Gasteiger charge is -2.34. The van der Waals surface area contributed by atoms with Gasteiger partial charge in [-0.3, -0.25) is 0 Å². The van der Waals surface area contributed by atoms with Crippen molar-refractivity contribution in [2.24, 2.45) is 0 Å². The van der Waals surface area contributed by atoms with Gasteiger partial charge in [0.05, 0.1) is 25.9 Å². The van der Waals surface area contributed by atoms with Gasteiger partial charge in [0.15, 0.2) is 0 Å². The van der Waals surface area contributed by atoms with Gasteiger partial charge < -0.3 is 14.7 Å². The van der Waals surface area contributed by atoms with Crippen LogP contribution in [-0.4, -0.2) is 35.9 Å². The molecule has 0 amide bonds. The van der Waals surface area contributed by atoms with Crippen LogP contribution in [0.3, 0.4) is 0 Å². The topological polar surface area (TPSA) is 45.6 Å². The zero-order valence-electron chi connectivity index (χ0n) is 9.81. The van der Waals surface area contributed by atoms with Gasteiger partial charge in [-0.15, -0.1) is 0 Å². The molecule has 1 aliphatic rings. The Morgan fingerprint density at radius 1 is 1.56 bits per heavy atom. The van der Waals surface area contributed by atoms with Gasteiger partial charge in [-0.1, -0.05) is 6.07 Å². The van der Waals surface area contributed by atoms with Crippen LogP contribution in [0.4, 0.5) is 5.82 Å². The van der Waals surface area contributed by atoms with Crippen LogP contribution in [0, 0.1) is 6.92 Å². The zero-order chi connectivity index (χ0) is 11.5. The number of anilines is 1. The number of aromatic nitrogens is 1. The first-order valence-electron chi connectivity index (χ1n) is 5.64. The Morgan fingerprint density at radius 2 is 2.38 bits per heavy atom. The normalized spacial score (nSPS) is 21.2. The van der Waals surface area contributed by atoms with E-state index in [0.29, 0.717) is 6.04 Å². The molecule has 4 nitrogen and oxygen atoms in total. The van der Waals surface area contributed by atoms with Crippen molar-refractivity contribution in [3.63, 3.8) is 0 Å². The van der Waals surface area contributed by atoms with E-state index in [2.05, 4.69) is 16.8 Å². The number of ether oxygens (including phenoxy) is 1. The largest absolute Gasteiger partial charge is 0.392 e. The fourth-order valence-electron chi connectivity index (χ4n) is 1.97. The molecule has 0 spiro atoms. The molecule has 1 aliphatic heterocycles. The minimum absolute atomic E-state index is 0.0534. The summed E-state index contributed by atoms with van der Waals surface area (Å²) < 4.78 is 5.40. The molecule has 0 radical (unpaired) electrons. The maximum absolute atomic E-state index is 9.10. The van der Waals surface area contributed by atoms with Crippen molar-refractivity contribution in [2.75, 3.05) is 24.7 Å². The third-order valence-corrected chi connectivity index (χ3v) is 3.01. The van der Waals surface area contributed by atoms with Crippen LogP contribution in [-0.2, 0) is 11.3 Å². The Morgan fingerprint density at radius 3 is 3.00 bits per heavy atom. The minimum Gasteiger partial charge on any atom is -0.392 e. The summed E-state index contributed by atoms with van der Waals surface area (Å²) in [5.74, 6) is 0.977. The summed E-state index contributed by atoms with van der Waals surface area (Å²) in [6, 6.07) is 4.28. The van der Waals surface area contributed by atoms with Gasteiger partial charge in [-0.2, -0.15) is 0 Å². The first kappa shape index (κ1) is 11.4. The third kappa shape index (κ3) is 2.18. The summed E-state index contributed by atoms with van der Waals surface area (Å²) in [5.41, 5.74) is 1.79. The number of aliphatic hydroxyl groups is 1. The molecule has 88 valence electrons. The number of rotatable bonds is 2. The Labute approximate surface area is 95.9 Å². The lowest BCUT2D eigenvalue weighted by molar-refractivity contribution is 0.0985. The SMILES string of the molecule is Cc1nc(N2CCOCC2C)ccc1CO. The van der Waals surface area contributed by atoms with E-state index in [4.69, 9.17) is 9.84 Å². The fourth-order valence-corrected chi connectivity index (χ4v) is 1.97. The number of morpholine rings is 1. The minimum atomic E-state index is 0.0534. The van der Waals surface area contributed by atoms with E-state index < -0.39 is 0 Å². The molecule has 1 aromatic rings. The number of nitrogens with zero attached hydrogens (tertiary/aromatic N) is 2. The number of pyridine rings is 1. The van der Waals surface area contributed by atoms with Gasteiger partial charge in [-0.25, -0.2) is 4.98 Å². The van der Waals surface area contributed by atoms with Crippen LogP contribution in [0.25, 0.3) is 0 Å². The van der Waals surface area contributed by atoms with E-state index in [1.807, 2.05) is 19.1 Å². The van der Waals surface area contributed by atoms with Crippen LogP contribution in [0.15, 0.2) is 12.1 Å². The lowest BCUT2D eigenvalue weighted by Crippen LogP contribution is -2.44. The van der Waals surface area contributed by atoms with Crippen molar-refractivity contribution in [1.29, 1.82) is 0 Å². The van der Waals surface area contributed by atoms with Crippen LogP contribution >= 0.6 is 0 Å². The summed E-state index contributed by atoms with van der Waals surface area (Å²) in [4.78, 5) is 6.78. The molecule has 1 atom stereocenters. The summed E-state index contributed by atoms with van der Waals surface area (Å²) in [5, 5.41) is 9.10. The first-order chi connectivity index (χ1) is 7.72. The monoisotopic (exact) mass is 222 g/mol. The molecule has 16 heavy (non-hydrogen) atoms. The molecular formula is C12H18N2O2. The predicted molar refractivity (Wildman–Crippen MR) is 62.5 cm³/mol. The lowest BCUT2D eigenvalue weighted by atomic mass is 10.2. The molecule has 1 unspecified atom stereocenters. The molecule has 1 saturated heterocycles. The van der Waals surface area contributed by atoms with E-state index in [1.54, 1.807) is 0 Å². The molecule has 2 rings (SSSR count). The number of aliphatic hydroxyl groups excluding tert-OH is 1. The second-order valence-electron chi connectivity index (χ2n) is 4.19. The Kier molecular flexibility index (Phi) is 3.41. The summed E-state index contributed by atoms with van der Waals surface area (Å²) in [7, 11) is 0. The van der Waals surface area contributed by atoms with Gasteiger partial charge in [0.25, 0.3) is 0 Å². The second-order valence-corrected chi connectivity index (χ2v) is 4.19. The van der Waals surface area contributed by atoms with E-state index >= 15 is 0 Å². The Balaban J connectivity index is 2.22. The van der Waals surface area contributed by atoms with E-state index in [1.165, 1.54) is 0 Å². The predicted octanol–water partition coefficient (Wildman–Crippen LogP) is 1.11. The highest BCUT2D eigenvalue weighted by Gasteiger charge is 2.20. The number of hydrogen-bond acceptors (Lipinski definition) is 4. The van der Waals surface area contributed by atoms with Gasteiger partial charge >= 0.3 is 0 Å². The van der Waals surface area contributed by atoms with Crippen molar-refractivity contribution in [3.8, 4) is 0 Å². The van der Waals surface area contributed by atoms with E-state index in [9.17, 15) is 0 Å². The highest BCUT2D eigenvalue weighted by molar-refractivity contribution is 5.43. The molecule has 0 aliphatic carbocycles. The molecule has 1 fully saturated rings. The maximum atomic E-state index is 9.10. The quantitative estimate of drug-likeness (QED) is 0.814. The number of aryl methyl sites for hydroxylation is 1. The molecule has 2 heterocycles. The summed E-state index contributed by atoms with van der Waals surface area (Å²) >= 11 is 0. The van der Waals surface area contributed by atoms with Crippen LogP contribution < -0.4 is 4.90 Å². The summed E-state index contributed by atoms with van der Waals surface area (Å²) in [6.45, 7) is 6.51. The molecule has 4 heteroatoms. The van der Waals surface area contributed by atoms with Crippen molar-refractivity contribution in [3.05, 3.63) is 23.4 Å². The highest BCUT2D eigenvalue weighted by atomic mass is 16.5. The van der Waals surface area contributed by atoms with Crippen molar-refractivity contribution in [2.45, 2.75) is 26.5 Å². The highest BCUT2D eigenvalue weighted by Crippen LogP contribution is 2.19. The van der Waals surface area contributed by atoms with E-state index in [-0.39, 0.29) is 6.61 Å². The molecular weight excluding hydrogens is 204 g/mol. The van der Waals surface area contributed by atoms with Crippen LogP contribution in [0.2, 0.25) is 0 Å². The van der Waals surface area contributed by atoms with Gasteiger partial charge in [-0.05, 0) is 25.5 Å². The average Bonchev–Trinajstić information content (AvgIpc) is 2.29. The second kappa shape index (κ2) is 4.80. The first-order valence-corrected chi connectivity index (χ1v) is 5.64. The van der Waals surface area contributed by atoms with Crippen molar-refractivity contribution in [1.82, 2.24) is 4.98 Å². The fraction of sp³-hybridized carbons (Fsp3) is 0.583. The van der Waals surface area contributed by atoms with Crippen molar-refractivity contribution >= 4 is 5.82 Å².